The van der Waals surface area contributed by atoms with Crippen molar-refractivity contribution in [3.63, 3.8) is 0 Å². The van der Waals surface area contributed by atoms with Crippen LogP contribution in [0.3, 0.4) is 0 Å². The van der Waals surface area contributed by atoms with E-state index >= 15 is 0 Å². The summed E-state index contributed by atoms with van der Waals surface area (Å²) < 4.78 is 36.4. The molecule has 0 saturated carbocycles. The van der Waals surface area contributed by atoms with Gasteiger partial charge in [-0.2, -0.15) is 13.2 Å². The molecule has 0 rings (SSSR count). The van der Waals surface area contributed by atoms with E-state index in [-0.39, 0.29) is 0 Å². The van der Waals surface area contributed by atoms with Gasteiger partial charge in [0.05, 0.1) is 6.54 Å². The van der Waals surface area contributed by atoms with Gasteiger partial charge >= 0.3 is 6.18 Å². The first-order valence-corrected chi connectivity index (χ1v) is 5.91. The van der Waals surface area contributed by atoms with E-state index in [1.807, 2.05) is 0 Å². The Balaban J connectivity index is 3.71. The molecule has 0 aliphatic heterocycles. The maximum Gasteiger partial charge on any atom is 0.401 e. The zero-order valence-electron chi connectivity index (χ0n) is 10.4. The lowest BCUT2D eigenvalue weighted by Crippen LogP contribution is -2.40. The molecule has 0 aromatic heterocycles. The van der Waals surface area contributed by atoms with Gasteiger partial charge in [0, 0.05) is 19.1 Å². The van der Waals surface area contributed by atoms with Crippen molar-refractivity contribution < 1.29 is 13.2 Å². The van der Waals surface area contributed by atoms with E-state index in [9.17, 15) is 13.2 Å². The van der Waals surface area contributed by atoms with Crippen LogP contribution in [0.2, 0.25) is 0 Å². The summed E-state index contributed by atoms with van der Waals surface area (Å²) in [6.45, 7) is 6.59. The summed E-state index contributed by atoms with van der Waals surface area (Å²) in [5, 5.41) is 3.23. The van der Waals surface area contributed by atoms with Crippen LogP contribution in [0.15, 0.2) is 0 Å². The molecular weight excluding hydrogens is 217 g/mol. The van der Waals surface area contributed by atoms with E-state index < -0.39 is 12.7 Å². The molecule has 0 bridgehead atoms. The topological polar surface area (TPSA) is 15.3 Å². The predicted octanol–water partition coefficient (Wildman–Crippen LogP) is 2.65. The maximum absolute atomic E-state index is 12.1. The molecular formula is C11H23F3N2. The number of nitrogens with one attached hydrogen (secondary N) is 1. The highest BCUT2D eigenvalue weighted by atomic mass is 19.4. The first-order valence-electron chi connectivity index (χ1n) is 5.91. The van der Waals surface area contributed by atoms with E-state index in [4.69, 9.17) is 0 Å². The summed E-state index contributed by atoms with van der Waals surface area (Å²) >= 11 is 0. The van der Waals surface area contributed by atoms with Gasteiger partial charge in [-0.1, -0.05) is 20.3 Å². The predicted molar refractivity (Wildman–Crippen MR) is 60.5 cm³/mol. The van der Waals surface area contributed by atoms with Gasteiger partial charge in [0.15, 0.2) is 0 Å². The van der Waals surface area contributed by atoms with Crippen LogP contribution in [-0.2, 0) is 0 Å². The van der Waals surface area contributed by atoms with Crippen molar-refractivity contribution in [3.8, 4) is 0 Å². The molecule has 0 heterocycles. The molecule has 0 saturated heterocycles. The molecule has 1 unspecified atom stereocenters. The minimum atomic E-state index is -4.09. The highest BCUT2D eigenvalue weighted by Crippen LogP contribution is 2.15. The zero-order chi connectivity index (χ0) is 12.6. The Morgan fingerprint density at radius 1 is 1.25 bits per heavy atom. The Labute approximate surface area is 96.2 Å². The molecule has 0 amide bonds. The van der Waals surface area contributed by atoms with Gasteiger partial charge in [-0.05, 0) is 19.9 Å². The molecule has 2 nitrogen and oxygen atoms in total. The summed E-state index contributed by atoms with van der Waals surface area (Å²) in [7, 11) is 0. The van der Waals surface area contributed by atoms with Crippen molar-refractivity contribution in [2.45, 2.75) is 45.8 Å². The summed E-state index contributed by atoms with van der Waals surface area (Å²) in [6, 6.07) is 0.384. The number of hydrogen-bond acceptors (Lipinski definition) is 2. The van der Waals surface area contributed by atoms with Gasteiger partial charge in [0.25, 0.3) is 0 Å². The first-order chi connectivity index (χ1) is 7.39. The number of hydrogen-bond donors (Lipinski definition) is 1. The van der Waals surface area contributed by atoms with Crippen LogP contribution < -0.4 is 5.32 Å². The Hall–Kier alpha value is -0.290. The fraction of sp³-hybridized carbons (Fsp3) is 1.00. The number of likely N-dealkylation sites (N-methyl/N-ethyl adjacent to an activating group) is 1. The molecule has 0 aliphatic carbocycles. The van der Waals surface area contributed by atoms with Gasteiger partial charge in [0.2, 0.25) is 0 Å². The molecule has 16 heavy (non-hydrogen) atoms. The van der Waals surface area contributed by atoms with Crippen molar-refractivity contribution >= 4 is 0 Å². The molecule has 1 atom stereocenters. The molecule has 0 aromatic rings. The van der Waals surface area contributed by atoms with E-state index in [0.29, 0.717) is 25.7 Å². The Morgan fingerprint density at radius 3 is 2.31 bits per heavy atom. The van der Waals surface area contributed by atoms with Crippen molar-refractivity contribution in [2.75, 3.05) is 26.2 Å². The highest BCUT2D eigenvalue weighted by Gasteiger charge is 2.29. The van der Waals surface area contributed by atoms with Crippen LogP contribution in [0.4, 0.5) is 13.2 Å². The number of alkyl halides is 3. The number of rotatable bonds is 8. The van der Waals surface area contributed by atoms with Crippen LogP contribution >= 0.6 is 0 Å². The van der Waals surface area contributed by atoms with Gasteiger partial charge in [-0.3, -0.25) is 4.90 Å². The van der Waals surface area contributed by atoms with Gasteiger partial charge in [-0.15, -0.1) is 0 Å². The average molecular weight is 240 g/mol. The molecule has 5 heteroatoms. The summed E-state index contributed by atoms with van der Waals surface area (Å²) in [5.74, 6) is 0. The smallest absolute Gasteiger partial charge is 0.313 e. The lowest BCUT2D eigenvalue weighted by Gasteiger charge is -2.23. The van der Waals surface area contributed by atoms with Crippen LogP contribution in [0.25, 0.3) is 0 Å². The van der Waals surface area contributed by atoms with E-state index in [2.05, 4.69) is 19.2 Å². The largest absolute Gasteiger partial charge is 0.401 e. The summed E-state index contributed by atoms with van der Waals surface area (Å²) in [4.78, 5) is 1.41. The Kier molecular flexibility index (Phi) is 7.76. The minimum absolute atomic E-state index is 0.384. The van der Waals surface area contributed by atoms with Crippen LogP contribution in [0.1, 0.15) is 33.6 Å². The summed E-state index contributed by atoms with van der Waals surface area (Å²) in [5.41, 5.74) is 0. The van der Waals surface area contributed by atoms with E-state index in [1.165, 1.54) is 4.90 Å². The van der Waals surface area contributed by atoms with Crippen LogP contribution in [-0.4, -0.2) is 43.3 Å². The molecule has 0 radical (unpaired) electrons. The fourth-order valence-electron chi connectivity index (χ4n) is 1.61. The third-order valence-corrected chi connectivity index (χ3v) is 2.49. The van der Waals surface area contributed by atoms with Crippen molar-refractivity contribution in [1.29, 1.82) is 0 Å². The number of halogens is 3. The fourth-order valence-corrected chi connectivity index (χ4v) is 1.61. The molecule has 98 valence electrons. The van der Waals surface area contributed by atoms with E-state index in [1.54, 1.807) is 6.92 Å². The lowest BCUT2D eigenvalue weighted by molar-refractivity contribution is -0.145. The van der Waals surface area contributed by atoms with Crippen LogP contribution in [0, 0.1) is 0 Å². The highest BCUT2D eigenvalue weighted by molar-refractivity contribution is 4.65. The van der Waals surface area contributed by atoms with Crippen molar-refractivity contribution in [2.24, 2.45) is 0 Å². The quantitative estimate of drug-likeness (QED) is 0.701. The molecule has 0 spiro atoms. The molecule has 0 aliphatic rings. The van der Waals surface area contributed by atoms with E-state index in [0.717, 1.165) is 12.8 Å². The van der Waals surface area contributed by atoms with Gasteiger partial charge in [-0.25, -0.2) is 0 Å². The third kappa shape index (κ3) is 8.97. The Bertz CT molecular complexity index is 171. The van der Waals surface area contributed by atoms with Gasteiger partial charge in [0.1, 0.15) is 0 Å². The minimum Gasteiger partial charge on any atom is -0.313 e. The monoisotopic (exact) mass is 240 g/mol. The summed E-state index contributed by atoms with van der Waals surface area (Å²) in [6.07, 6.45) is -1.94. The second-order valence-electron chi connectivity index (χ2n) is 4.13. The first kappa shape index (κ1) is 15.7. The maximum atomic E-state index is 12.1. The standard InChI is InChI=1S/C11H23F3N2/c1-4-6-10(3)15-7-8-16(5-2)9-11(12,13)14/h10,15H,4-9H2,1-3H3. The molecule has 0 fully saturated rings. The molecule has 1 N–H and O–H groups in total. The number of nitrogens with zero attached hydrogens (tertiary/aromatic N) is 1. The normalized spacial score (nSPS) is 14.4. The lowest BCUT2D eigenvalue weighted by atomic mass is 10.2. The second-order valence-corrected chi connectivity index (χ2v) is 4.13. The van der Waals surface area contributed by atoms with Crippen molar-refractivity contribution in [3.05, 3.63) is 0 Å². The second kappa shape index (κ2) is 7.90. The third-order valence-electron chi connectivity index (χ3n) is 2.49. The SMILES string of the molecule is CCCC(C)NCCN(CC)CC(F)(F)F. The molecule has 0 aromatic carbocycles. The Morgan fingerprint density at radius 2 is 1.88 bits per heavy atom. The van der Waals surface area contributed by atoms with Crippen LogP contribution in [0.5, 0.6) is 0 Å². The van der Waals surface area contributed by atoms with Gasteiger partial charge < -0.3 is 5.32 Å². The zero-order valence-corrected chi connectivity index (χ0v) is 10.4. The van der Waals surface area contributed by atoms with Crippen molar-refractivity contribution in [1.82, 2.24) is 10.2 Å². The average Bonchev–Trinajstić information content (AvgIpc) is 2.14.